The number of pyridine rings is 2. The Morgan fingerprint density at radius 1 is 1.00 bits per heavy atom. The Morgan fingerprint density at radius 2 is 1.83 bits per heavy atom. The lowest BCUT2D eigenvalue weighted by molar-refractivity contribution is 0.312. The van der Waals surface area contributed by atoms with Gasteiger partial charge in [-0.3, -0.25) is 0 Å². The minimum Gasteiger partial charge on any atom is -0.370 e. The summed E-state index contributed by atoms with van der Waals surface area (Å²) in [5.74, 6) is 2.12. The summed E-state index contributed by atoms with van der Waals surface area (Å²) < 4.78 is 0. The van der Waals surface area contributed by atoms with Crippen LogP contribution in [0.25, 0.3) is 11.1 Å². The van der Waals surface area contributed by atoms with E-state index in [1.54, 1.807) is 0 Å². The Kier molecular flexibility index (Phi) is 3.87. The molecule has 1 N–H and O–H groups in total. The van der Waals surface area contributed by atoms with Gasteiger partial charge < -0.3 is 15.1 Å². The fourth-order valence-corrected chi connectivity index (χ4v) is 3.28. The number of anilines is 2. The second-order valence-corrected chi connectivity index (χ2v) is 6.46. The molecule has 2 aliphatic heterocycles. The van der Waals surface area contributed by atoms with E-state index in [4.69, 9.17) is 0 Å². The van der Waals surface area contributed by atoms with Crippen LogP contribution < -0.4 is 10.2 Å². The molecule has 2 aromatic heterocycles. The fraction of sp³-hybridized carbons (Fsp3) is 0.444. The zero-order valence-electron chi connectivity index (χ0n) is 13.6. The molecule has 5 nitrogen and oxygen atoms in total. The highest BCUT2D eigenvalue weighted by molar-refractivity contribution is 5.66. The Hall–Kier alpha value is -2.14. The third-order valence-corrected chi connectivity index (χ3v) is 4.79. The molecule has 1 fully saturated rings. The summed E-state index contributed by atoms with van der Waals surface area (Å²) in [6.45, 7) is 5.33. The number of aromatic nitrogens is 2. The highest BCUT2D eigenvalue weighted by atomic mass is 15.3. The van der Waals surface area contributed by atoms with E-state index < -0.39 is 0 Å². The van der Waals surface area contributed by atoms with Crippen LogP contribution in [0.5, 0.6) is 0 Å². The summed E-state index contributed by atoms with van der Waals surface area (Å²) in [5, 5.41) is 3.36. The third kappa shape index (κ3) is 3.01. The van der Waals surface area contributed by atoms with E-state index in [9.17, 15) is 0 Å². The monoisotopic (exact) mass is 309 g/mol. The maximum Gasteiger partial charge on any atom is 0.129 e. The van der Waals surface area contributed by atoms with E-state index >= 15 is 0 Å². The molecule has 0 bridgehead atoms. The molecular formula is C18H23N5. The molecular weight excluding hydrogens is 286 g/mol. The van der Waals surface area contributed by atoms with Gasteiger partial charge in [0, 0.05) is 56.2 Å². The molecule has 4 heterocycles. The van der Waals surface area contributed by atoms with E-state index in [0.717, 1.165) is 61.9 Å². The summed E-state index contributed by atoms with van der Waals surface area (Å²) in [6, 6.07) is 6.56. The van der Waals surface area contributed by atoms with Crippen LogP contribution >= 0.6 is 0 Å². The van der Waals surface area contributed by atoms with E-state index in [1.807, 2.05) is 12.4 Å². The molecule has 0 aromatic carbocycles. The maximum atomic E-state index is 4.68. The van der Waals surface area contributed by atoms with Crippen molar-refractivity contribution in [1.82, 2.24) is 14.9 Å². The van der Waals surface area contributed by atoms with Gasteiger partial charge in [0.2, 0.25) is 0 Å². The minimum atomic E-state index is 1.03. The molecule has 23 heavy (non-hydrogen) atoms. The first-order chi connectivity index (χ1) is 11.3. The van der Waals surface area contributed by atoms with Crippen LogP contribution in [0.2, 0.25) is 0 Å². The predicted molar refractivity (Wildman–Crippen MR) is 94.0 cm³/mol. The predicted octanol–water partition coefficient (Wildman–Crippen LogP) is 2.25. The zero-order valence-corrected chi connectivity index (χ0v) is 13.6. The van der Waals surface area contributed by atoms with Gasteiger partial charge in [0.25, 0.3) is 0 Å². The van der Waals surface area contributed by atoms with Gasteiger partial charge in [-0.2, -0.15) is 0 Å². The number of nitrogens with zero attached hydrogens (tertiary/aromatic N) is 4. The lowest BCUT2D eigenvalue weighted by Gasteiger charge is -2.33. The van der Waals surface area contributed by atoms with Gasteiger partial charge in [0.05, 0.1) is 0 Å². The average Bonchev–Trinajstić information content (AvgIpc) is 2.62. The van der Waals surface area contributed by atoms with Crippen molar-refractivity contribution in [2.75, 3.05) is 50.0 Å². The van der Waals surface area contributed by atoms with Crippen molar-refractivity contribution in [3.8, 4) is 11.1 Å². The molecule has 0 atom stereocenters. The molecule has 4 rings (SSSR count). The van der Waals surface area contributed by atoms with Crippen LogP contribution in [0.4, 0.5) is 11.6 Å². The van der Waals surface area contributed by atoms with Gasteiger partial charge >= 0.3 is 0 Å². The van der Waals surface area contributed by atoms with Gasteiger partial charge in [-0.1, -0.05) is 0 Å². The molecule has 2 aliphatic rings. The first-order valence-corrected chi connectivity index (χ1v) is 8.42. The largest absolute Gasteiger partial charge is 0.370 e. The van der Waals surface area contributed by atoms with Crippen molar-refractivity contribution in [3.05, 3.63) is 36.2 Å². The minimum absolute atomic E-state index is 1.03. The molecule has 0 aliphatic carbocycles. The SMILES string of the molecule is CN1CCN(c2ccc(-c3cnc4c(c3)CCCN4)cn2)CC1. The molecule has 2 aromatic rings. The summed E-state index contributed by atoms with van der Waals surface area (Å²) in [4.78, 5) is 14.0. The first kappa shape index (κ1) is 14.5. The van der Waals surface area contributed by atoms with E-state index in [0.29, 0.717) is 0 Å². The third-order valence-electron chi connectivity index (χ3n) is 4.79. The van der Waals surface area contributed by atoms with E-state index in [-0.39, 0.29) is 0 Å². The second kappa shape index (κ2) is 6.16. The topological polar surface area (TPSA) is 44.3 Å². The lowest BCUT2D eigenvalue weighted by Crippen LogP contribution is -2.44. The Balaban J connectivity index is 1.54. The molecule has 1 saturated heterocycles. The van der Waals surface area contributed by atoms with Gasteiger partial charge in [-0.05, 0) is 43.7 Å². The number of fused-ring (bicyclic) bond motifs is 1. The highest BCUT2D eigenvalue weighted by Crippen LogP contribution is 2.26. The lowest BCUT2D eigenvalue weighted by atomic mass is 10.0. The molecule has 0 saturated carbocycles. The van der Waals surface area contributed by atoms with Crippen LogP contribution in [0.15, 0.2) is 30.6 Å². The quantitative estimate of drug-likeness (QED) is 0.922. The Bertz CT molecular complexity index is 674. The average molecular weight is 309 g/mol. The zero-order chi connectivity index (χ0) is 15.6. The van der Waals surface area contributed by atoms with Crippen molar-refractivity contribution in [1.29, 1.82) is 0 Å². The molecule has 0 radical (unpaired) electrons. The van der Waals surface area contributed by atoms with Crippen molar-refractivity contribution in [2.24, 2.45) is 0 Å². The van der Waals surface area contributed by atoms with Crippen LogP contribution in [0, 0.1) is 0 Å². The number of hydrogen-bond acceptors (Lipinski definition) is 5. The number of aryl methyl sites for hydroxylation is 1. The molecule has 0 spiro atoms. The van der Waals surface area contributed by atoms with Crippen molar-refractivity contribution in [3.63, 3.8) is 0 Å². The van der Waals surface area contributed by atoms with Gasteiger partial charge in [-0.15, -0.1) is 0 Å². The fourth-order valence-electron chi connectivity index (χ4n) is 3.28. The smallest absolute Gasteiger partial charge is 0.129 e. The van der Waals surface area contributed by atoms with Crippen molar-refractivity contribution >= 4 is 11.6 Å². The van der Waals surface area contributed by atoms with E-state index in [2.05, 4.69) is 50.3 Å². The number of likely N-dealkylation sites (N-methyl/N-ethyl adjacent to an activating group) is 1. The first-order valence-electron chi connectivity index (χ1n) is 8.42. The van der Waals surface area contributed by atoms with E-state index in [1.165, 1.54) is 12.0 Å². The van der Waals surface area contributed by atoms with Crippen LogP contribution in [-0.2, 0) is 6.42 Å². The maximum absolute atomic E-state index is 4.68. The van der Waals surface area contributed by atoms with Crippen LogP contribution in [0.1, 0.15) is 12.0 Å². The van der Waals surface area contributed by atoms with Crippen LogP contribution in [0.3, 0.4) is 0 Å². The van der Waals surface area contributed by atoms with Gasteiger partial charge in [0.15, 0.2) is 0 Å². The molecule has 120 valence electrons. The van der Waals surface area contributed by atoms with Crippen molar-refractivity contribution < 1.29 is 0 Å². The Morgan fingerprint density at radius 3 is 2.61 bits per heavy atom. The van der Waals surface area contributed by atoms with Gasteiger partial charge in [0.1, 0.15) is 11.6 Å². The number of piperazine rings is 1. The normalized spacial score (nSPS) is 18.4. The summed E-state index contributed by atoms with van der Waals surface area (Å²) in [7, 11) is 2.17. The van der Waals surface area contributed by atoms with Crippen LogP contribution in [-0.4, -0.2) is 54.6 Å². The van der Waals surface area contributed by atoms with Crippen molar-refractivity contribution in [2.45, 2.75) is 12.8 Å². The second-order valence-electron chi connectivity index (χ2n) is 6.46. The molecule has 5 heteroatoms. The Labute approximate surface area is 137 Å². The number of rotatable bonds is 2. The summed E-state index contributed by atoms with van der Waals surface area (Å²) >= 11 is 0. The standard InChI is InChI=1S/C18H23N5/c1-22-7-9-23(10-8-22)17-5-4-15(12-20-17)16-11-14-3-2-6-19-18(14)21-13-16/h4-5,11-13H,2-3,6-10H2,1H3,(H,19,21). The highest BCUT2D eigenvalue weighted by Gasteiger charge is 2.15. The summed E-state index contributed by atoms with van der Waals surface area (Å²) in [5.41, 5.74) is 3.62. The van der Waals surface area contributed by atoms with Gasteiger partial charge in [-0.25, -0.2) is 9.97 Å². The number of hydrogen-bond donors (Lipinski definition) is 1. The number of nitrogens with one attached hydrogen (secondary N) is 1. The molecule has 0 amide bonds. The summed E-state index contributed by atoms with van der Waals surface area (Å²) in [6.07, 6.45) is 6.21. The molecule has 0 unspecified atom stereocenters.